The fourth-order valence-electron chi connectivity index (χ4n) is 2.36. The van der Waals surface area contributed by atoms with E-state index >= 15 is 0 Å². The second kappa shape index (κ2) is 9.82. The van der Waals surface area contributed by atoms with Crippen molar-refractivity contribution in [2.24, 2.45) is 5.11 Å². The standard InChI is InChI=1S/C14H21N3O8/c1-7-11(23-8(2)18)12(24-9(3)19)13(25-10(4)20)14(22-7)21-6-5-16-17-15/h7,11-14H,5-6H2,1-4H3/t7?,11-,12?,13-,14-/m1/s1. The first kappa shape index (κ1) is 20.7. The Morgan fingerprint density at radius 2 is 1.52 bits per heavy atom. The summed E-state index contributed by atoms with van der Waals surface area (Å²) >= 11 is 0. The molecule has 140 valence electrons. The van der Waals surface area contributed by atoms with Crippen molar-refractivity contribution in [3.63, 3.8) is 0 Å². The number of ether oxygens (including phenoxy) is 5. The van der Waals surface area contributed by atoms with Crippen LogP contribution in [0.5, 0.6) is 0 Å². The fourth-order valence-corrected chi connectivity index (χ4v) is 2.36. The molecule has 0 spiro atoms. The molecule has 2 unspecified atom stereocenters. The van der Waals surface area contributed by atoms with Crippen molar-refractivity contribution in [1.29, 1.82) is 0 Å². The van der Waals surface area contributed by atoms with Crippen LogP contribution in [0.4, 0.5) is 0 Å². The van der Waals surface area contributed by atoms with Crippen molar-refractivity contribution >= 4 is 17.9 Å². The number of carbonyl (C=O) groups excluding carboxylic acids is 3. The summed E-state index contributed by atoms with van der Waals surface area (Å²) in [5.41, 5.74) is 8.27. The number of carbonyl (C=O) groups is 3. The fraction of sp³-hybridized carbons (Fsp3) is 0.786. The molecule has 11 nitrogen and oxygen atoms in total. The largest absolute Gasteiger partial charge is 0.456 e. The number of hydrogen-bond donors (Lipinski definition) is 0. The van der Waals surface area contributed by atoms with E-state index in [0.717, 1.165) is 0 Å². The van der Waals surface area contributed by atoms with Crippen LogP contribution in [0.3, 0.4) is 0 Å². The minimum absolute atomic E-state index is 0.00969. The lowest BCUT2D eigenvalue weighted by atomic mass is 9.99. The van der Waals surface area contributed by atoms with Crippen LogP contribution in [0.2, 0.25) is 0 Å². The lowest BCUT2D eigenvalue weighted by Gasteiger charge is -2.43. The van der Waals surface area contributed by atoms with Crippen LogP contribution in [0.1, 0.15) is 27.7 Å². The minimum atomic E-state index is -1.16. The van der Waals surface area contributed by atoms with E-state index < -0.39 is 48.6 Å². The van der Waals surface area contributed by atoms with E-state index in [0.29, 0.717) is 0 Å². The monoisotopic (exact) mass is 359 g/mol. The Balaban J connectivity index is 3.04. The van der Waals surface area contributed by atoms with Crippen molar-refractivity contribution in [1.82, 2.24) is 0 Å². The smallest absolute Gasteiger partial charge is 0.303 e. The molecule has 0 saturated carbocycles. The topological polar surface area (TPSA) is 146 Å². The summed E-state index contributed by atoms with van der Waals surface area (Å²) in [6, 6.07) is 0. The van der Waals surface area contributed by atoms with E-state index in [-0.39, 0.29) is 13.2 Å². The minimum Gasteiger partial charge on any atom is -0.456 e. The quantitative estimate of drug-likeness (QED) is 0.162. The van der Waals surface area contributed by atoms with Crippen molar-refractivity contribution in [2.45, 2.75) is 58.4 Å². The second-order valence-electron chi connectivity index (χ2n) is 5.26. The van der Waals surface area contributed by atoms with Crippen LogP contribution in [0, 0.1) is 0 Å². The van der Waals surface area contributed by atoms with Gasteiger partial charge in [-0.25, -0.2) is 0 Å². The lowest BCUT2D eigenvalue weighted by Crippen LogP contribution is -2.61. The molecule has 5 atom stereocenters. The predicted molar refractivity (Wildman–Crippen MR) is 81.0 cm³/mol. The van der Waals surface area contributed by atoms with Crippen LogP contribution in [-0.4, -0.2) is 61.8 Å². The van der Waals surface area contributed by atoms with E-state index in [9.17, 15) is 14.4 Å². The van der Waals surface area contributed by atoms with Gasteiger partial charge in [0.2, 0.25) is 0 Å². The second-order valence-corrected chi connectivity index (χ2v) is 5.26. The highest BCUT2D eigenvalue weighted by Crippen LogP contribution is 2.29. The number of nitrogens with zero attached hydrogens (tertiary/aromatic N) is 3. The predicted octanol–water partition coefficient (Wildman–Crippen LogP) is 0.853. The highest BCUT2D eigenvalue weighted by atomic mass is 16.7. The Bertz CT molecular complexity index is 548. The zero-order chi connectivity index (χ0) is 19.0. The van der Waals surface area contributed by atoms with Gasteiger partial charge in [-0.2, -0.15) is 0 Å². The summed E-state index contributed by atoms with van der Waals surface area (Å²) in [5.74, 6) is -1.92. The molecule has 0 aromatic heterocycles. The van der Waals surface area contributed by atoms with Gasteiger partial charge in [0.1, 0.15) is 0 Å². The maximum Gasteiger partial charge on any atom is 0.303 e. The molecule has 0 aromatic rings. The molecule has 1 heterocycles. The summed E-state index contributed by atoms with van der Waals surface area (Å²) < 4.78 is 26.6. The van der Waals surface area contributed by atoms with Gasteiger partial charge >= 0.3 is 17.9 Å². The van der Waals surface area contributed by atoms with Crippen molar-refractivity contribution < 1.29 is 38.1 Å². The van der Waals surface area contributed by atoms with Gasteiger partial charge in [0, 0.05) is 32.2 Å². The van der Waals surface area contributed by atoms with E-state index in [1.807, 2.05) is 0 Å². The van der Waals surface area contributed by atoms with Crippen LogP contribution < -0.4 is 0 Å². The molecular formula is C14H21N3O8. The van der Waals surface area contributed by atoms with Crippen LogP contribution >= 0.6 is 0 Å². The maximum absolute atomic E-state index is 11.4. The maximum atomic E-state index is 11.4. The molecule has 0 aromatic carbocycles. The van der Waals surface area contributed by atoms with Gasteiger partial charge in [-0.05, 0) is 12.5 Å². The molecule has 11 heteroatoms. The van der Waals surface area contributed by atoms with E-state index in [1.165, 1.54) is 20.8 Å². The first-order valence-corrected chi connectivity index (χ1v) is 7.55. The van der Waals surface area contributed by atoms with Crippen LogP contribution in [0.15, 0.2) is 5.11 Å². The Hall–Kier alpha value is -2.36. The first-order chi connectivity index (χ1) is 11.8. The molecular weight excluding hydrogens is 338 g/mol. The molecule has 1 saturated heterocycles. The zero-order valence-corrected chi connectivity index (χ0v) is 14.4. The van der Waals surface area contributed by atoms with Gasteiger partial charge in [-0.3, -0.25) is 14.4 Å². The molecule has 0 radical (unpaired) electrons. The highest BCUT2D eigenvalue weighted by molar-refractivity contribution is 5.68. The summed E-state index contributed by atoms with van der Waals surface area (Å²) in [5, 5.41) is 3.32. The third kappa shape index (κ3) is 6.57. The lowest BCUT2D eigenvalue weighted by molar-refractivity contribution is -0.300. The Morgan fingerprint density at radius 3 is 2.04 bits per heavy atom. The Kier molecular flexibility index (Phi) is 8.12. The van der Waals surface area contributed by atoms with Crippen LogP contribution in [0.25, 0.3) is 10.4 Å². The SMILES string of the molecule is CC(=O)OC1[C@H](OC(C)=O)C(C)O[C@@H](OCCN=[N+]=[N-])[C@@H]1OC(C)=O. The number of azide groups is 1. The van der Waals surface area contributed by atoms with Gasteiger partial charge in [-0.15, -0.1) is 0 Å². The Labute approximate surface area is 144 Å². The average molecular weight is 359 g/mol. The average Bonchev–Trinajstić information content (AvgIpc) is 2.49. The Morgan fingerprint density at radius 1 is 1.00 bits per heavy atom. The van der Waals surface area contributed by atoms with Gasteiger partial charge in [0.05, 0.1) is 12.7 Å². The molecule has 1 aliphatic rings. The van der Waals surface area contributed by atoms with Crippen molar-refractivity contribution in [3.05, 3.63) is 10.4 Å². The van der Waals surface area contributed by atoms with E-state index in [4.69, 9.17) is 29.2 Å². The number of hydrogen-bond acceptors (Lipinski definition) is 9. The molecule has 0 amide bonds. The van der Waals surface area contributed by atoms with Crippen molar-refractivity contribution in [2.75, 3.05) is 13.2 Å². The molecule has 0 N–H and O–H groups in total. The summed E-state index contributed by atoms with van der Waals surface area (Å²) in [7, 11) is 0. The third-order valence-electron chi connectivity index (χ3n) is 3.17. The number of rotatable bonds is 7. The van der Waals surface area contributed by atoms with E-state index in [2.05, 4.69) is 10.0 Å². The van der Waals surface area contributed by atoms with Crippen molar-refractivity contribution in [3.8, 4) is 0 Å². The number of esters is 3. The van der Waals surface area contributed by atoms with Gasteiger partial charge in [-0.1, -0.05) is 5.11 Å². The zero-order valence-electron chi connectivity index (χ0n) is 14.4. The summed E-state index contributed by atoms with van der Waals surface area (Å²) in [6.45, 7) is 5.15. The third-order valence-corrected chi connectivity index (χ3v) is 3.17. The van der Waals surface area contributed by atoms with Gasteiger partial charge in [0.15, 0.2) is 24.6 Å². The highest BCUT2D eigenvalue weighted by Gasteiger charge is 2.50. The van der Waals surface area contributed by atoms with Crippen LogP contribution in [-0.2, 0) is 38.1 Å². The molecule has 0 bridgehead atoms. The van der Waals surface area contributed by atoms with E-state index in [1.54, 1.807) is 6.92 Å². The van der Waals surface area contributed by atoms with Gasteiger partial charge < -0.3 is 23.7 Å². The normalized spacial score (nSPS) is 28.4. The molecule has 1 fully saturated rings. The summed E-state index contributed by atoms with van der Waals surface area (Å²) in [6.07, 6.45) is -5.05. The molecule has 25 heavy (non-hydrogen) atoms. The molecule has 0 aliphatic carbocycles. The molecule has 1 rings (SSSR count). The summed E-state index contributed by atoms with van der Waals surface area (Å²) in [4.78, 5) is 36.8. The molecule has 1 aliphatic heterocycles. The first-order valence-electron chi connectivity index (χ1n) is 7.55. The van der Waals surface area contributed by atoms with Gasteiger partial charge in [0.25, 0.3) is 0 Å².